The van der Waals surface area contributed by atoms with Crippen LogP contribution in [0.1, 0.15) is 34.5 Å². The number of piperidine rings is 1. The number of β-amino-alcohol motifs (C(OH)–C–C–N with tert-alkyl or cyclic N) is 1. The minimum Gasteiger partial charge on any atom is -0.493 e. The van der Waals surface area contributed by atoms with Crippen molar-refractivity contribution in [1.82, 2.24) is 29.2 Å². The maximum atomic E-state index is 14.9. The van der Waals surface area contributed by atoms with E-state index in [2.05, 4.69) is 25.3 Å². The third-order valence-corrected chi connectivity index (χ3v) is 12.3. The van der Waals surface area contributed by atoms with Crippen molar-refractivity contribution in [3.8, 4) is 17.2 Å². The number of likely N-dealkylation sites (tertiary alicyclic amines) is 1. The number of rotatable bonds is 15. The first-order valence-corrected chi connectivity index (χ1v) is 21.7. The van der Waals surface area contributed by atoms with Crippen molar-refractivity contribution < 1.29 is 32.9 Å². The van der Waals surface area contributed by atoms with Crippen molar-refractivity contribution in [2.75, 3.05) is 62.0 Å². The van der Waals surface area contributed by atoms with Gasteiger partial charge in [-0.25, -0.2) is 23.4 Å². The second kappa shape index (κ2) is 18.5. The van der Waals surface area contributed by atoms with Crippen LogP contribution in [0.3, 0.4) is 0 Å². The highest BCUT2D eigenvalue weighted by Gasteiger charge is 2.37. The number of nitrogen functional groups attached to an aromatic ring is 1. The Morgan fingerprint density at radius 3 is 2.59 bits per heavy atom. The van der Waals surface area contributed by atoms with Gasteiger partial charge in [-0.2, -0.15) is 5.10 Å². The van der Waals surface area contributed by atoms with E-state index in [0.717, 1.165) is 34.8 Å². The summed E-state index contributed by atoms with van der Waals surface area (Å²) in [6.07, 6.45) is 4.85. The summed E-state index contributed by atoms with van der Waals surface area (Å²) in [5.74, 6) is -0.835. The summed E-state index contributed by atoms with van der Waals surface area (Å²) in [4.78, 5) is 40.4. The number of benzene rings is 4. The minimum absolute atomic E-state index is 0.00189. The Labute approximate surface area is 370 Å². The fraction of sp³-hybridized carbons (Fsp3) is 0.283. The molecule has 5 heterocycles. The smallest absolute Gasteiger partial charge is 0.298 e. The second-order valence-electron chi connectivity index (χ2n) is 15.7. The predicted octanol–water partition coefficient (Wildman–Crippen LogP) is 6.52. The number of nitrogens with zero attached hydrogens (tertiary/aromatic N) is 7. The molecule has 1 saturated heterocycles. The molecule has 0 saturated carbocycles. The fourth-order valence-corrected chi connectivity index (χ4v) is 9.13. The molecule has 4 aromatic carbocycles. The third-order valence-electron chi connectivity index (χ3n) is 11.3. The molecule has 0 spiro atoms. The van der Waals surface area contributed by atoms with Crippen LogP contribution >= 0.6 is 11.3 Å². The summed E-state index contributed by atoms with van der Waals surface area (Å²) in [5, 5.41) is 18.7. The first-order chi connectivity index (χ1) is 31.1. The van der Waals surface area contributed by atoms with E-state index in [1.54, 1.807) is 30.3 Å². The average molecular weight is 890 g/mol. The molecule has 3 aromatic heterocycles. The van der Waals surface area contributed by atoms with Gasteiger partial charge in [-0.05, 0) is 67.4 Å². The molecule has 15 nitrogen and oxygen atoms in total. The monoisotopic (exact) mass is 889 g/mol. The van der Waals surface area contributed by atoms with Crippen LogP contribution in [0.15, 0.2) is 115 Å². The number of carbonyl (C=O) groups is 1. The quantitative estimate of drug-likeness (QED) is 0.0953. The molecular weight excluding hydrogens is 845 g/mol. The fourth-order valence-electron chi connectivity index (χ4n) is 8.21. The standard InChI is InChI=1S/C46H45F2N9O6S/c47-30-10-12-36(37(48)22-30)46(60,27-55-29-50-28-51-55)26-54-16-14-34(15-17-54)61-19-5-20-62-35-9-4-6-31(23-35)52-43(58)41-25-39-44(64-41)53-42(49)45(59)57(39)33-11-13-40-38(24-33)56(18-21-63-40)32-7-2-1-3-8-32/h1-4,6-13,22-25,28-29,34,60H,5,14-21,26-27H2,(H2,49,53)(H,52,58). The maximum Gasteiger partial charge on any atom is 0.298 e. The molecule has 4 N–H and O–H groups in total. The lowest BCUT2D eigenvalue weighted by atomic mass is 9.91. The lowest BCUT2D eigenvalue weighted by Gasteiger charge is -2.38. The topological polar surface area (TPSA) is 175 Å². The van der Waals surface area contributed by atoms with E-state index in [1.807, 2.05) is 53.4 Å². The molecule has 64 heavy (non-hydrogen) atoms. The molecule has 330 valence electrons. The number of nitrogens with two attached hydrogens (primary N) is 1. The SMILES string of the molecule is Nc1nc2sc(C(=O)Nc3cccc(OCCCOC4CCN(CC(O)(Cn5cncn5)c5ccc(F)cc5F)CC4)c3)cc2n(-c2ccc3c(c2)N(c2ccccc2)CCO3)c1=O. The molecule has 2 aliphatic heterocycles. The van der Waals surface area contributed by atoms with Crippen LogP contribution in [0.5, 0.6) is 11.5 Å². The Morgan fingerprint density at radius 1 is 0.953 bits per heavy atom. The van der Waals surface area contributed by atoms with Gasteiger partial charge in [0.15, 0.2) is 5.82 Å². The number of para-hydroxylation sites is 1. The van der Waals surface area contributed by atoms with Gasteiger partial charge in [-0.1, -0.05) is 30.3 Å². The number of halogens is 2. The molecule has 18 heteroatoms. The van der Waals surface area contributed by atoms with E-state index in [1.165, 1.54) is 28.0 Å². The number of aromatic nitrogens is 5. The highest BCUT2D eigenvalue weighted by molar-refractivity contribution is 7.20. The Kier molecular flexibility index (Phi) is 12.3. The Bertz CT molecular complexity index is 2820. The van der Waals surface area contributed by atoms with Gasteiger partial charge >= 0.3 is 0 Å². The van der Waals surface area contributed by atoms with Crippen molar-refractivity contribution in [2.45, 2.75) is 37.5 Å². The molecule has 1 atom stereocenters. The van der Waals surface area contributed by atoms with E-state index < -0.39 is 22.8 Å². The van der Waals surface area contributed by atoms with Crippen molar-refractivity contribution in [1.29, 1.82) is 0 Å². The van der Waals surface area contributed by atoms with E-state index in [9.17, 15) is 23.5 Å². The summed E-state index contributed by atoms with van der Waals surface area (Å²) in [6.45, 7) is 3.30. The zero-order valence-electron chi connectivity index (χ0n) is 34.6. The van der Waals surface area contributed by atoms with E-state index in [-0.39, 0.29) is 36.5 Å². The predicted molar refractivity (Wildman–Crippen MR) is 239 cm³/mol. The van der Waals surface area contributed by atoms with Gasteiger partial charge < -0.3 is 35.3 Å². The summed E-state index contributed by atoms with van der Waals surface area (Å²) in [5.41, 5.74) is 7.31. The number of ether oxygens (including phenoxy) is 3. The summed E-state index contributed by atoms with van der Waals surface area (Å²) >= 11 is 1.13. The average Bonchev–Trinajstić information content (AvgIpc) is 3.97. The van der Waals surface area contributed by atoms with Crippen LogP contribution in [0.25, 0.3) is 16.0 Å². The number of hydrogen-bond donors (Lipinski definition) is 3. The third kappa shape index (κ3) is 9.30. The number of fused-ring (bicyclic) bond motifs is 2. The van der Waals surface area contributed by atoms with Crippen LogP contribution in [0.2, 0.25) is 0 Å². The molecule has 9 rings (SSSR count). The van der Waals surface area contributed by atoms with Crippen LogP contribution in [0, 0.1) is 11.6 Å². The molecule has 0 aliphatic carbocycles. The number of anilines is 4. The normalized spacial score (nSPS) is 15.4. The minimum atomic E-state index is -1.67. The van der Waals surface area contributed by atoms with E-state index in [0.29, 0.717) is 96.8 Å². The molecule has 7 aromatic rings. The molecule has 1 unspecified atom stereocenters. The number of hydrogen-bond acceptors (Lipinski definition) is 13. The Morgan fingerprint density at radius 2 is 1.80 bits per heavy atom. The molecule has 1 amide bonds. The first-order valence-electron chi connectivity index (χ1n) is 20.9. The summed E-state index contributed by atoms with van der Waals surface area (Å²) in [6, 6.07) is 27.4. The summed E-state index contributed by atoms with van der Waals surface area (Å²) in [7, 11) is 0. The van der Waals surface area contributed by atoms with Crippen molar-refractivity contribution in [2.24, 2.45) is 0 Å². The second-order valence-corrected chi connectivity index (χ2v) is 16.7. The number of amides is 1. The van der Waals surface area contributed by atoms with Gasteiger partial charge in [0.1, 0.15) is 52.8 Å². The van der Waals surface area contributed by atoms with Gasteiger partial charge in [-0.3, -0.25) is 19.1 Å². The highest BCUT2D eigenvalue weighted by atomic mass is 32.1. The Hall–Kier alpha value is -6.73. The number of thiophene rings is 1. The molecule has 0 bridgehead atoms. The zero-order chi connectivity index (χ0) is 44.2. The van der Waals surface area contributed by atoms with Gasteiger partial charge in [0, 0.05) is 55.1 Å². The number of carbonyl (C=O) groups excluding carboxylic acids is 1. The number of nitrogens with one attached hydrogen (secondary N) is 1. The van der Waals surface area contributed by atoms with E-state index in [4.69, 9.17) is 19.9 Å². The van der Waals surface area contributed by atoms with Crippen LogP contribution in [-0.4, -0.2) is 92.3 Å². The maximum absolute atomic E-state index is 14.9. The highest BCUT2D eigenvalue weighted by Crippen LogP contribution is 2.39. The first kappa shape index (κ1) is 42.6. The van der Waals surface area contributed by atoms with Crippen LogP contribution < -0.4 is 31.0 Å². The van der Waals surface area contributed by atoms with Gasteiger partial charge in [0.25, 0.3) is 11.5 Å². The van der Waals surface area contributed by atoms with Crippen molar-refractivity contribution in [3.05, 3.63) is 142 Å². The van der Waals surface area contributed by atoms with Crippen LogP contribution in [0.4, 0.5) is 31.7 Å². The van der Waals surface area contributed by atoms with Gasteiger partial charge in [0.05, 0.1) is 54.2 Å². The van der Waals surface area contributed by atoms with Gasteiger partial charge in [-0.15, -0.1) is 11.3 Å². The molecule has 1 fully saturated rings. The van der Waals surface area contributed by atoms with Gasteiger partial charge in [0.2, 0.25) is 0 Å². The molecular formula is C46H45F2N9O6S. The lowest BCUT2D eigenvalue weighted by molar-refractivity contribution is -0.0469. The lowest BCUT2D eigenvalue weighted by Crippen LogP contribution is -2.48. The summed E-state index contributed by atoms with van der Waals surface area (Å²) < 4.78 is 49.6. The van der Waals surface area contributed by atoms with Crippen LogP contribution in [-0.2, 0) is 16.9 Å². The zero-order valence-corrected chi connectivity index (χ0v) is 35.4. The molecule has 0 radical (unpaired) electrons. The van der Waals surface area contributed by atoms with Crippen molar-refractivity contribution >= 4 is 50.5 Å². The largest absolute Gasteiger partial charge is 0.493 e. The Balaban J connectivity index is 0.780. The van der Waals surface area contributed by atoms with Crippen molar-refractivity contribution in [3.63, 3.8) is 0 Å². The van der Waals surface area contributed by atoms with E-state index >= 15 is 0 Å². The number of aliphatic hydroxyl groups is 1. The molecule has 2 aliphatic rings.